The summed E-state index contributed by atoms with van der Waals surface area (Å²) in [5, 5.41) is 0. The second kappa shape index (κ2) is 4.74. The maximum absolute atomic E-state index is 6.34. The predicted octanol–water partition coefficient (Wildman–Crippen LogP) is 3.27. The third-order valence-electron chi connectivity index (χ3n) is 3.86. The molecule has 1 saturated carbocycles. The van der Waals surface area contributed by atoms with Crippen LogP contribution in [0.2, 0.25) is 0 Å². The van der Waals surface area contributed by atoms with Crippen LogP contribution in [0.3, 0.4) is 0 Å². The first kappa shape index (κ1) is 12.3. The Labute approximate surface area is 116 Å². The van der Waals surface area contributed by atoms with Crippen molar-refractivity contribution in [3.63, 3.8) is 0 Å². The molecular weight excluding hydrogens is 294 g/mol. The van der Waals surface area contributed by atoms with Crippen molar-refractivity contribution >= 4 is 15.9 Å². The summed E-state index contributed by atoms with van der Waals surface area (Å²) in [7, 11) is 0. The third-order valence-corrected chi connectivity index (χ3v) is 4.55. The first-order chi connectivity index (χ1) is 8.66. The van der Waals surface area contributed by atoms with Gasteiger partial charge in [-0.1, -0.05) is 22.9 Å². The van der Waals surface area contributed by atoms with E-state index < -0.39 is 0 Å². The largest absolute Gasteiger partial charge is 0.490 e. The van der Waals surface area contributed by atoms with Crippen LogP contribution in [0.1, 0.15) is 31.4 Å². The molecule has 3 atom stereocenters. The molecule has 98 valence electrons. The van der Waals surface area contributed by atoms with Crippen molar-refractivity contribution < 1.29 is 9.47 Å². The van der Waals surface area contributed by atoms with Crippen molar-refractivity contribution in [2.24, 2.45) is 17.6 Å². The Bertz CT molecular complexity index is 463. The summed E-state index contributed by atoms with van der Waals surface area (Å²) in [6, 6.07) is 4.12. The lowest BCUT2D eigenvalue weighted by molar-refractivity contribution is 0.297. The van der Waals surface area contributed by atoms with E-state index in [0.717, 1.165) is 33.9 Å². The summed E-state index contributed by atoms with van der Waals surface area (Å²) >= 11 is 3.60. The van der Waals surface area contributed by atoms with E-state index in [4.69, 9.17) is 15.2 Å². The van der Waals surface area contributed by atoms with Gasteiger partial charge in [0.15, 0.2) is 11.5 Å². The van der Waals surface area contributed by atoms with E-state index in [0.29, 0.717) is 19.1 Å². The molecule has 1 aromatic carbocycles. The molecule has 2 aliphatic rings. The Hall–Kier alpha value is -0.740. The Morgan fingerprint density at radius 1 is 1.28 bits per heavy atom. The van der Waals surface area contributed by atoms with Crippen LogP contribution in [-0.4, -0.2) is 13.2 Å². The van der Waals surface area contributed by atoms with E-state index in [1.165, 1.54) is 6.42 Å². The van der Waals surface area contributed by atoms with Gasteiger partial charge in [-0.3, -0.25) is 0 Å². The summed E-state index contributed by atoms with van der Waals surface area (Å²) in [6.07, 6.45) is 2.15. The van der Waals surface area contributed by atoms with Gasteiger partial charge in [0.1, 0.15) is 0 Å². The topological polar surface area (TPSA) is 44.5 Å². The van der Waals surface area contributed by atoms with E-state index in [2.05, 4.69) is 22.9 Å². The van der Waals surface area contributed by atoms with Crippen LogP contribution >= 0.6 is 15.9 Å². The smallest absolute Gasteiger partial charge is 0.162 e. The first-order valence-electron chi connectivity index (χ1n) is 6.51. The fraction of sp³-hybridized carbons (Fsp3) is 0.571. The first-order valence-corrected chi connectivity index (χ1v) is 7.30. The van der Waals surface area contributed by atoms with Crippen LogP contribution < -0.4 is 15.2 Å². The predicted molar refractivity (Wildman–Crippen MR) is 73.9 cm³/mol. The lowest BCUT2D eigenvalue weighted by Crippen LogP contribution is -2.14. The molecular formula is C14H18BrNO2. The Morgan fingerprint density at radius 3 is 2.50 bits per heavy atom. The van der Waals surface area contributed by atoms with Crippen molar-refractivity contribution in [1.82, 2.24) is 0 Å². The molecule has 1 fully saturated rings. The number of fused-ring (bicyclic) bond motifs is 1. The van der Waals surface area contributed by atoms with Crippen LogP contribution in [0.5, 0.6) is 11.5 Å². The van der Waals surface area contributed by atoms with Crippen LogP contribution in [-0.2, 0) is 0 Å². The highest BCUT2D eigenvalue weighted by molar-refractivity contribution is 9.10. The van der Waals surface area contributed by atoms with Crippen molar-refractivity contribution in [1.29, 1.82) is 0 Å². The van der Waals surface area contributed by atoms with Gasteiger partial charge in [0.25, 0.3) is 0 Å². The normalized spacial score (nSPS) is 27.5. The van der Waals surface area contributed by atoms with Gasteiger partial charge in [0.05, 0.1) is 13.2 Å². The zero-order chi connectivity index (χ0) is 12.7. The van der Waals surface area contributed by atoms with E-state index in [9.17, 15) is 0 Å². The summed E-state index contributed by atoms with van der Waals surface area (Å²) in [6.45, 7) is 3.68. The van der Waals surface area contributed by atoms with Crippen molar-refractivity contribution in [3.8, 4) is 11.5 Å². The molecule has 1 heterocycles. The minimum atomic E-state index is 0.0894. The number of hydrogen-bond acceptors (Lipinski definition) is 3. The monoisotopic (exact) mass is 311 g/mol. The number of benzene rings is 1. The quantitative estimate of drug-likeness (QED) is 0.911. The average molecular weight is 312 g/mol. The minimum Gasteiger partial charge on any atom is -0.490 e. The second-order valence-electron chi connectivity index (χ2n) is 5.27. The second-order valence-corrected chi connectivity index (χ2v) is 6.13. The molecule has 0 spiro atoms. The van der Waals surface area contributed by atoms with Gasteiger partial charge in [0, 0.05) is 16.9 Å². The number of halogens is 1. The van der Waals surface area contributed by atoms with Crippen molar-refractivity contribution in [2.45, 2.75) is 25.8 Å². The van der Waals surface area contributed by atoms with Gasteiger partial charge in [-0.25, -0.2) is 0 Å². The Balaban J connectivity index is 1.92. The van der Waals surface area contributed by atoms with E-state index in [1.54, 1.807) is 0 Å². The fourth-order valence-corrected chi connectivity index (χ4v) is 3.12. The van der Waals surface area contributed by atoms with E-state index in [1.807, 2.05) is 12.1 Å². The number of rotatable bonds is 2. The minimum absolute atomic E-state index is 0.0894. The number of ether oxygens (including phenoxy) is 2. The Kier molecular flexibility index (Phi) is 3.24. The van der Waals surface area contributed by atoms with Crippen LogP contribution in [0, 0.1) is 11.8 Å². The highest BCUT2D eigenvalue weighted by Crippen LogP contribution is 2.48. The molecule has 0 aromatic heterocycles. The van der Waals surface area contributed by atoms with Gasteiger partial charge in [-0.2, -0.15) is 0 Å². The molecule has 1 aromatic rings. The highest BCUT2D eigenvalue weighted by Gasteiger charge is 2.39. The van der Waals surface area contributed by atoms with Crippen LogP contribution in [0.25, 0.3) is 0 Å². The average Bonchev–Trinajstić information content (AvgIpc) is 3.10. The number of hydrogen-bond donors (Lipinski definition) is 1. The van der Waals surface area contributed by atoms with Crippen molar-refractivity contribution in [2.75, 3.05) is 13.2 Å². The molecule has 1 aliphatic heterocycles. The van der Waals surface area contributed by atoms with Crippen LogP contribution in [0.4, 0.5) is 0 Å². The summed E-state index contributed by atoms with van der Waals surface area (Å²) in [5.41, 5.74) is 7.47. The fourth-order valence-electron chi connectivity index (χ4n) is 2.54. The van der Waals surface area contributed by atoms with Gasteiger partial charge in [-0.15, -0.1) is 0 Å². The van der Waals surface area contributed by atoms with Crippen molar-refractivity contribution in [3.05, 3.63) is 22.2 Å². The summed E-state index contributed by atoms with van der Waals surface area (Å²) < 4.78 is 12.4. The van der Waals surface area contributed by atoms with Crippen LogP contribution in [0.15, 0.2) is 16.6 Å². The molecule has 18 heavy (non-hydrogen) atoms. The van der Waals surface area contributed by atoms with Gasteiger partial charge >= 0.3 is 0 Å². The molecule has 3 rings (SSSR count). The lowest BCUT2D eigenvalue weighted by Gasteiger charge is -2.16. The molecule has 3 unspecified atom stereocenters. The summed E-state index contributed by atoms with van der Waals surface area (Å²) in [4.78, 5) is 0. The maximum Gasteiger partial charge on any atom is 0.162 e. The SMILES string of the molecule is CC1CC1C(N)c1cc2c(cc1Br)OCCCO2. The molecule has 2 N–H and O–H groups in total. The standard InChI is InChI=1S/C14H18BrNO2/c1-8-5-9(8)14(16)10-6-12-13(7-11(10)15)18-4-2-3-17-12/h6-9,14H,2-5,16H2,1H3. The molecule has 3 nitrogen and oxygen atoms in total. The molecule has 1 aliphatic carbocycles. The third kappa shape index (κ3) is 2.24. The van der Waals surface area contributed by atoms with E-state index in [-0.39, 0.29) is 6.04 Å². The molecule has 0 radical (unpaired) electrons. The molecule has 0 saturated heterocycles. The van der Waals surface area contributed by atoms with E-state index >= 15 is 0 Å². The zero-order valence-corrected chi connectivity index (χ0v) is 12.1. The van der Waals surface area contributed by atoms with Gasteiger partial charge in [-0.05, 0) is 36.0 Å². The van der Waals surface area contributed by atoms with Gasteiger partial charge < -0.3 is 15.2 Å². The molecule has 0 amide bonds. The summed E-state index contributed by atoms with van der Waals surface area (Å²) in [5.74, 6) is 2.99. The molecule has 0 bridgehead atoms. The maximum atomic E-state index is 6.34. The van der Waals surface area contributed by atoms with Gasteiger partial charge in [0.2, 0.25) is 0 Å². The number of nitrogens with two attached hydrogens (primary N) is 1. The Morgan fingerprint density at radius 2 is 1.89 bits per heavy atom. The zero-order valence-electron chi connectivity index (χ0n) is 10.5. The lowest BCUT2D eigenvalue weighted by atomic mass is 10.0. The highest BCUT2D eigenvalue weighted by atomic mass is 79.9. The molecule has 4 heteroatoms.